The third-order valence-corrected chi connectivity index (χ3v) is 6.61. The molecule has 0 saturated carbocycles. The molecule has 5 heterocycles. The number of halogens is 5. The number of H-pyrrole nitrogens is 1. The lowest BCUT2D eigenvalue weighted by molar-refractivity contribution is 0.381. The zero-order valence-corrected chi connectivity index (χ0v) is 18.4. The molecule has 174 valence electrons. The second-order valence-corrected chi connectivity index (χ2v) is 8.99. The lowest BCUT2D eigenvalue weighted by Gasteiger charge is -2.09. The smallest absolute Gasteiger partial charge is 0.200 e. The molecule has 0 amide bonds. The molecule has 3 aromatic heterocycles. The number of benzene rings is 1. The molecule has 0 unspecified atom stereocenters. The molecule has 0 aliphatic carbocycles. The van der Waals surface area contributed by atoms with Gasteiger partial charge in [0.05, 0.1) is 28.3 Å². The first-order valence-corrected chi connectivity index (χ1v) is 11.2. The molecule has 0 saturated heterocycles. The third-order valence-electron chi connectivity index (χ3n) is 5.56. The monoisotopic (exact) mass is 495 g/mol. The van der Waals surface area contributed by atoms with Crippen LogP contribution in [0.2, 0.25) is 0 Å². The van der Waals surface area contributed by atoms with E-state index in [2.05, 4.69) is 15.0 Å². The Balaban J connectivity index is 0.00000267. The second kappa shape index (κ2) is 7.99. The standard InChI is InChI=1S/C26H12F5N3S.H2/c27-22-21(23(28)25(30)26(31)24(22)29)20-18-7-5-15(34-18)10-14-2-1-12(32-14)9-13-3-4-16(33-13)11-17-6-8-19(20)35-17;/h1-11,33H;1H. The molecule has 3 nitrogen and oxygen atoms in total. The van der Waals surface area contributed by atoms with Gasteiger partial charge in [-0.25, -0.2) is 31.9 Å². The van der Waals surface area contributed by atoms with Crippen molar-refractivity contribution in [1.82, 2.24) is 15.0 Å². The van der Waals surface area contributed by atoms with Crippen LogP contribution in [-0.2, 0) is 0 Å². The fraction of sp³-hybridized carbons (Fsp3) is 0. The van der Waals surface area contributed by atoms with Crippen molar-refractivity contribution >= 4 is 56.1 Å². The number of rotatable bonds is 1. The number of aromatic amines is 1. The first-order valence-electron chi connectivity index (χ1n) is 10.4. The van der Waals surface area contributed by atoms with Crippen molar-refractivity contribution in [3.05, 3.63) is 94.3 Å². The number of nitrogens with zero attached hydrogens (tertiary/aromatic N) is 2. The molecule has 6 rings (SSSR count). The Morgan fingerprint density at radius 3 is 1.94 bits per heavy atom. The zero-order chi connectivity index (χ0) is 24.3. The highest BCUT2D eigenvalue weighted by Crippen LogP contribution is 2.39. The predicted molar refractivity (Wildman–Crippen MR) is 130 cm³/mol. The number of fused-ring (bicyclic) bond motifs is 8. The van der Waals surface area contributed by atoms with Crippen LogP contribution in [-0.4, -0.2) is 15.0 Å². The van der Waals surface area contributed by atoms with E-state index < -0.39 is 34.6 Å². The average Bonchev–Trinajstić information content (AvgIpc) is 3.64. The van der Waals surface area contributed by atoms with Crippen LogP contribution in [0.4, 0.5) is 22.0 Å². The van der Waals surface area contributed by atoms with Gasteiger partial charge < -0.3 is 4.98 Å². The maximum atomic E-state index is 14.9. The van der Waals surface area contributed by atoms with E-state index in [9.17, 15) is 22.0 Å². The normalized spacial score (nSPS) is 12.5. The van der Waals surface area contributed by atoms with E-state index in [0.717, 1.165) is 28.1 Å². The van der Waals surface area contributed by atoms with Crippen LogP contribution in [0.1, 0.15) is 24.2 Å². The van der Waals surface area contributed by atoms with Crippen molar-refractivity contribution in [2.75, 3.05) is 0 Å². The van der Waals surface area contributed by atoms with Gasteiger partial charge in [-0.1, -0.05) is 0 Å². The summed E-state index contributed by atoms with van der Waals surface area (Å²) in [6.45, 7) is 0. The van der Waals surface area contributed by atoms with Crippen LogP contribution in [0.3, 0.4) is 0 Å². The number of hydrogen-bond donors (Lipinski definition) is 1. The summed E-state index contributed by atoms with van der Waals surface area (Å²) < 4.78 is 72.8. The van der Waals surface area contributed by atoms with Crippen LogP contribution in [0.25, 0.3) is 55.9 Å². The molecule has 1 N–H and O–H groups in total. The largest absolute Gasteiger partial charge is 0.355 e. The molecule has 2 aliphatic heterocycles. The predicted octanol–water partition coefficient (Wildman–Crippen LogP) is 8.00. The number of thiophene rings is 1. The average molecular weight is 495 g/mol. The molecule has 4 aromatic rings. The molecule has 0 fully saturated rings. The maximum Gasteiger partial charge on any atom is 0.200 e. The molecule has 0 radical (unpaired) electrons. The Hall–Kier alpha value is -4.11. The lowest BCUT2D eigenvalue weighted by Crippen LogP contribution is -2.04. The number of hydrogen-bond acceptors (Lipinski definition) is 3. The van der Waals surface area contributed by atoms with Gasteiger partial charge in [-0.3, -0.25) is 0 Å². The Morgan fingerprint density at radius 1 is 0.600 bits per heavy atom. The Morgan fingerprint density at radius 2 is 1.20 bits per heavy atom. The molecule has 8 bridgehead atoms. The highest BCUT2D eigenvalue weighted by Gasteiger charge is 2.29. The Bertz CT molecular complexity index is 1740. The molecule has 35 heavy (non-hydrogen) atoms. The van der Waals surface area contributed by atoms with Crippen LogP contribution in [0.5, 0.6) is 0 Å². The highest BCUT2D eigenvalue weighted by atomic mass is 32.1. The van der Waals surface area contributed by atoms with Crippen molar-refractivity contribution in [3.63, 3.8) is 0 Å². The summed E-state index contributed by atoms with van der Waals surface area (Å²) in [4.78, 5) is 12.2. The van der Waals surface area contributed by atoms with Crippen molar-refractivity contribution in [1.29, 1.82) is 0 Å². The zero-order valence-electron chi connectivity index (χ0n) is 17.5. The third kappa shape index (κ3) is 3.64. The van der Waals surface area contributed by atoms with Crippen molar-refractivity contribution in [2.45, 2.75) is 0 Å². The maximum absolute atomic E-state index is 14.9. The molecule has 0 atom stereocenters. The van der Waals surface area contributed by atoms with Gasteiger partial charge in [0, 0.05) is 27.4 Å². The minimum absolute atomic E-state index is 0. The van der Waals surface area contributed by atoms with Crippen molar-refractivity contribution in [3.8, 4) is 11.1 Å². The van der Waals surface area contributed by atoms with E-state index >= 15 is 0 Å². The first-order chi connectivity index (χ1) is 16.9. The first kappa shape index (κ1) is 21.4. The summed E-state index contributed by atoms with van der Waals surface area (Å²) in [6.07, 6.45) is 6.69. The van der Waals surface area contributed by atoms with Gasteiger partial charge in [0.2, 0.25) is 5.82 Å². The van der Waals surface area contributed by atoms with Gasteiger partial charge in [0.25, 0.3) is 0 Å². The molecular weight excluding hydrogens is 481 g/mol. The molecule has 0 spiro atoms. The van der Waals surface area contributed by atoms with Crippen LogP contribution < -0.4 is 0 Å². The van der Waals surface area contributed by atoms with E-state index in [4.69, 9.17) is 0 Å². The van der Waals surface area contributed by atoms with E-state index in [-0.39, 0.29) is 12.7 Å². The van der Waals surface area contributed by atoms with Crippen molar-refractivity contribution < 1.29 is 23.4 Å². The molecule has 1 aromatic carbocycles. The Labute approximate surface area is 200 Å². The SMILES string of the molecule is Fc1c(F)c(F)c(-c2c3nc(cc4nc(cc5ccc(cc6ccc2s6)[nH]5)C=C4)C=C3)c(F)c1F.[HH]. The summed E-state index contributed by atoms with van der Waals surface area (Å²) in [7, 11) is 0. The van der Waals surface area contributed by atoms with E-state index in [0.29, 0.717) is 20.8 Å². The van der Waals surface area contributed by atoms with Crippen molar-refractivity contribution in [2.24, 2.45) is 0 Å². The fourth-order valence-corrected chi connectivity index (χ4v) is 5.00. The molecular formula is C26H14F5N3S. The quantitative estimate of drug-likeness (QED) is 0.143. The van der Waals surface area contributed by atoms with Gasteiger partial charge in [0.15, 0.2) is 23.3 Å². The topological polar surface area (TPSA) is 41.6 Å². The summed E-state index contributed by atoms with van der Waals surface area (Å²) in [5, 5.41) is 0. The highest BCUT2D eigenvalue weighted by molar-refractivity contribution is 7.23. The Kier molecular flexibility index (Phi) is 4.89. The van der Waals surface area contributed by atoms with Crippen LogP contribution in [0, 0.1) is 29.1 Å². The van der Waals surface area contributed by atoms with Crippen LogP contribution >= 0.6 is 11.3 Å². The molecule has 2 aliphatic rings. The van der Waals surface area contributed by atoms with Gasteiger partial charge in [-0.05, 0) is 66.8 Å². The van der Waals surface area contributed by atoms with Crippen LogP contribution in [0.15, 0.2) is 42.5 Å². The van der Waals surface area contributed by atoms with E-state index in [1.807, 2.05) is 30.3 Å². The van der Waals surface area contributed by atoms with E-state index in [1.165, 1.54) is 6.08 Å². The summed E-state index contributed by atoms with van der Waals surface area (Å²) in [6, 6.07) is 12.4. The van der Waals surface area contributed by atoms with Gasteiger partial charge >= 0.3 is 0 Å². The van der Waals surface area contributed by atoms with Gasteiger partial charge in [-0.2, -0.15) is 0 Å². The number of nitrogens with one attached hydrogen (secondary N) is 1. The fourth-order valence-electron chi connectivity index (χ4n) is 3.98. The number of aromatic nitrogens is 3. The van der Waals surface area contributed by atoms with Gasteiger partial charge in [0.1, 0.15) is 0 Å². The van der Waals surface area contributed by atoms with Gasteiger partial charge in [-0.15, -0.1) is 11.3 Å². The second-order valence-electron chi connectivity index (χ2n) is 7.87. The summed E-state index contributed by atoms with van der Waals surface area (Å²) >= 11 is 1.14. The van der Waals surface area contributed by atoms with E-state index in [1.54, 1.807) is 30.4 Å². The minimum atomic E-state index is -2.21. The minimum Gasteiger partial charge on any atom is -0.355 e. The molecule has 9 heteroatoms. The summed E-state index contributed by atoms with van der Waals surface area (Å²) in [5.41, 5.74) is 2.19. The lowest BCUT2D eigenvalue weighted by atomic mass is 10.0. The summed E-state index contributed by atoms with van der Waals surface area (Å²) in [5.74, 6) is -10.1.